The zero-order chi connectivity index (χ0) is 10.1. The smallest absolute Gasteiger partial charge is 0.152 e. The highest BCUT2D eigenvalue weighted by Crippen LogP contribution is 2.17. The van der Waals surface area contributed by atoms with Crippen molar-refractivity contribution in [2.45, 2.75) is 0 Å². The predicted octanol–water partition coefficient (Wildman–Crippen LogP) is -0.0632. The molecule has 2 aromatic rings. The zero-order valence-corrected chi connectivity index (χ0v) is 8.51. The number of hydrogen-bond acceptors (Lipinski definition) is 2. The van der Waals surface area contributed by atoms with E-state index < -0.39 is 0 Å². The molecule has 1 aromatic carbocycles. The van der Waals surface area contributed by atoms with Crippen LogP contribution in [0.15, 0.2) is 22.7 Å². The first-order chi connectivity index (χ1) is 6.77. The largest absolute Gasteiger partial charge is 0.345 e. The van der Waals surface area contributed by atoms with E-state index in [1.54, 1.807) is 24.0 Å². The number of aromatic nitrogens is 1. The number of nitrogens with one attached hydrogen (secondary N) is 1. The van der Waals surface area contributed by atoms with Gasteiger partial charge in [-0.05, 0) is 12.1 Å². The van der Waals surface area contributed by atoms with E-state index in [1.165, 1.54) is 0 Å². The van der Waals surface area contributed by atoms with Gasteiger partial charge >= 0.3 is 0 Å². The first-order valence-electron chi connectivity index (χ1n) is 3.84. The molecule has 1 heterocycles. The highest BCUT2D eigenvalue weighted by Gasteiger charge is 2.04. The SMILES string of the molecule is O=C=c1[nH]c2cccc(Br)c2c1=C=O. The third-order valence-electron chi connectivity index (χ3n) is 1.98. The van der Waals surface area contributed by atoms with E-state index in [0.29, 0.717) is 5.39 Å². The summed E-state index contributed by atoms with van der Waals surface area (Å²) in [7, 11) is 0. The maximum Gasteiger partial charge on any atom is 0.152 e. The van der Waals surface area contributed by atoms with Crippen LogP contribution in [-0.2, 0) is 9.59 Å². The van der Waals surface area contributed by atoms with Crippen molar-refractivity contribution in [3.05, 3.63) is 33.2 Å². The molecule has 1 aromatic heterocycles. The maximum atomic E-state index is 10.7. The standard InChI is InChI=1S/C10H4BrNO2/c11-7-2-1-3-8-10(7)6(4-13)9(5-14)12-8/h1-3,12H. The first kappa shape index (κ1) is 8.97. The lowest BCUT2D eigenvalue weighted by Gasteiger charge is -1.90. The third-order valence-corrected chi connectivity index (χ3v) is 2.64. The molecule has 0 bridgehead atoms. The van der Waals surface area contributed by atoms with E-state index in [4.69, 9.17) is 0 Å². The van der Waals surface area contributed by atoms with Gasteiger partial charge < -0.3 is 4.98 Å². The van der Waals surface area contributed by atoms with Gasteiger partial charge in [0.05, 0.1) is 0 Å². The molecule has 0 atom stereocenters. The van der Waals surface area contributed by atoms with E-state index in [2.05, 4.69) is 20.9 Å². The molecule has 0 fully saturated rings. The van der Waals surface area contributed by atoms with Crippen LogP contribution < -0.4 is 10.6 Å². The summed E-state index contributed by atoms with van der Waals surface area (Å²) in [6.07, 6.45) is 0. The number of halogens is 1. The summed E-state index contributed by atoms with van der Waals surface area (Å²) in [5.41, 5.74) is 0.719. The second-order valence-electron chi connectivity index (χ2n) is 2.74. The molecule has 4 heteroatoms. The van der Waals surface area contributed by atoms with Crippen molar-refractivity contribution in [3.8, 4) is 0 Å². The Kier molecular flexibility index (Phi) is 2.10. The number of benzene rings is 1. The summed E-state index contributed by atoms with van der Waals surface area (Å²) in [5.74, 6) is 3.41. The molecule has 0 unspecified atom stereocenters. The molecule has 0 radical (unpaired) electrons. The summed E-state index contributed by atoms with van der Waals surface area (Å²) in [6, 6.07) is 5.39. The predicted molar refractivity (Wildman–Crippen MR) is 54.8 cm³/mol. The van der Waals surface area contributed by atoms with Crippen LogP contribution in [0, 0.1) is 0 Å². The van der Waals surface area contributed by atoms with Crippen molar-refractivity contribution in [2.24, 2.45) is 0 Å². The van der Waals surface area contributed by atoms with E-state index in [1.807, 2.05) is 6.07 Å². The Balaban J connectivity index is 3.30. The molecule has 1 N–H and O–H groups in total. The Hall–Kier alpha value is -1.60. The summed E-state index contributed by atoms with van der Waals surface area (Å²) in [4.78, 5) is 24.0. The molecular formula is C10H4BrNO2. The lowest BCUT2D eigenvalue weighted by molar-refractivity contribution is 0.564. The van der Waals surface area contributed by atoms with Crippen LogP contribution in [0.4, 0.5) is 0 Å². The Labute approximate surface area is 86.9 Å². The monoisotopic (exact) mass is 249 g/mol. The molecule has 0 saturated heterocycles. The molecule has 2 rings (SSSR count). The zero-order valence-electron chi connectivity index (χ0n) is 6.93. The minimum absolute atomic E-state index is 0.141. The fourth-order valence-electron chi connectivity index (χ4n) is 1.38. The summed E-state index contributed by atoms with van der Waals surface area (Å²) >= 11 is 3.30. The van der Waals surface area contributed by atoms with Crippen molar-refractivity contribution >= 4 is 38.7 Å². The molecule has 0 amide bonds. The van der Waals surface area contributed by atoms with E-state index in [9.17, 15) is 9.59 Å². The van der Waals surface area contributed by atoms with E-state index in [-0.39, 0.29) is 10.6 Å². The van der Waals surface area contributed by atoms with E-state index in [0.717, 1.165) is 9.99 Å². The van der Waals surface area contributed by atoms with Crippen molar-refractivity contribution in [1.29, 1.82) is 0 Å². The molecule has 3 nitrogen and oxygen atoms in total. The molecule has 0 saturated carbocycles. The van der Waals surface area contributed by atoms with Crippen LogP contribution in [0.2, 0.25) is 0 Å². The van der Waals surface area contributed by atoms with Gasteiger partial charge in [0.15, 0.2) is 5.94 Å². The fraction of sp³-hybridized carbons (Fsp3) is 0. The van der Waals surface area contributed by atoms with Gasteiger partial charge in [-0.2, -0.15) is 0 Å². The molecule has 0 spiro atoms. The molecule has 0 aliphatic heterocycles. The highest BCUT2D eigenvalue weighted by molar-refractivity contribution is 9.10. The normalized spacial score (nSPS) is 9.79. The Morgan fingerprint density at radius 1 is 1.21 bits per heavy atom. The Morgan fingerprint density at radius 2 is 2.00 bits per heavy atom. The minimum Gasteiger partial charge on any atom is -0.345 e. The average Bonchev–Trinajstić information content (AvgIpc) is 2.56. The lowest BCUT2D eigenvalue weighted by Crippen LogP contribution is -2.25. The van der Waals surface area contributed by atoms with Crippen molar-refractivity contribution in [1.82, 2.24) is 4.98 Å². The second-order valence-corrected chi connectivity index (χ2v) is 3.60. The van der Waals surface area contributed by atoms with Gasteiger partial charge in [-0.3, -0.25) is 0 Å². The third kappa shape index (κ3) is 1.14. The van der Waals surface area contributed by atoms with Crippen molar-refractivity contribution in [2.75, 3.05) is 0 Å². The van der Waals surface area contributed by atoms with Crippen LogP contribution in [0.5, 0.6) is 0 Å². The Morgan fingerprint density at radius 3 is 2.64 bits per heavy atom. The average molecular weight is 250 g/mol. The van der Waals surface area contributed by atoms with Crippen molar-refractivity contribution in [3.63, 3.8) is 0 Å². The number of H-pyrrole nitrogens is 1. The van der Waals surface area contributed by atoms with Crippen LogP contribution in [-0.4, -0.2) is 16.9 Å². The van der Waals surface area contributed by atoms with Gasteiger partial charge in [0.1, 0.15) is 16.5 Å². The quantitative estimate of drug-likeness (QED) is 0.711. The summed E-state index contributed by atoms with van der Waals surface area (Å²) in [6.45, 7) is 0. The van der Waals surface area contributed by atoms with Gasteiger partial charge in [-0.15, -0.1) is 0 Å². The van der Waals surface area contributed by atoms with E-state index >= 15 is 0 Å². The highest BCUT2D eigenvalue weighted by atomic mass is 79.9. The molecule has 14 heavy (non-hydrogen) atoms. The van der Waals surface area contributed by atoms with Crippen LogP contribution in [0.25, 0.3) is 10.9 Å². The molecule has 68 valence electrons. The van der Waals surface area contributed by atoms with Gasteiger partial charge in [-0.1, -0.05) is 22.0 Å². The minimum atomic E-state index is 0.141. The van der Waals surface area contributed by atoms with Gasteiger partial charge in [0.25, 0.3) is 0 Å². The van der Waals surface area contributed by atoms with Crippen LogP contribution in [0.1, 0.15) is 0 Å². The number of rotatable bonds is 0. The number of aromatic amines is 1. The summed E-state index contributed by atoms with van der Waals surface area (Å²) < 4.78 is 0.756. The van der Waals surface area contributed by atoms with Gasteiger partial charge in [0.2, 0.25) is 0 Å². The second kappa shape index (κ2) is 3.28. The number of fused-ring (bicyclic) bond motifs is 1. The summed E-state index contributed by atoms with van der Waals surface area (Å²) in [5, 5.41) is 1.03. The number of carbonyl (C=O) groups excluding carboxylic acids is 2. The maximum absolute atomic E-state index is 10.7. The van der Waals surface area contributed by atoms with Gasteiger partial charge in [-0.25, -0.2) is 9.59 Å². The lowest BCUT2D eigenvalue weighted by atomic mass is 10.2. The topological polar surface area (TPSA) is 49.9 Å². The van der Waals surface area contributed by atoms with Crippen LogP contribution >= 0.6 is 15.9 Å². The fourth-order valence-corrected chi connectivity index (χ4v) is 1.95. The molecular weight excluding hydrogens is 246 g/mol. The Bertz CT molecular complexity index is 661. The van der Waals surface area contributed by atoms with Crippen molar-refractivity contribution < 1.29 is 9.59 Å². The first-order valence-corrected chi connectivity index (χ1v) is 4.63. The van der Waals surface area contributed by atoms with Crippen LogP contribution in [0.3, 0.4) is 0 Å². The molecule has 0 aliphatic rings. The number of hydrogen-bond donors (Lipinski definition) is 1. The van der Waals surface area contributed by atoms with Gasteiger partial charge in [0, 0.05) is 15.4 Å². The molecule has 0 aliphatic carbocycles.